The Bertz CT molecular complexity index is 328. The van der Waals surface area contributed by atoms with Crippen molar-refractivity contribution in [3.63, 3.8) is 0 Å². The van der Waals surface area contributed by atoms with Crippen LogP contribution in [-0.2, 0) is 9.47 Å². The molecule has 0 aliphatic carbocycles. The summed E-state index contributed by atoms with van der Waals surface area (Å²) in [4.78, 5) is 9.07. The molecule has 1 fully saturated rings. The third kappa shape index (κ3) is 13.7. The average molecular weight is 471 g/mol. The molecule has 8 heteroatoms. The highest BCUT2D eigenvalue weighted by molar-refractivity contribution is 14.0. The largest absolute Gasteiger partial charge is 0.385 e. The van der Waals surface area contributed by atoms with Gasteiger partial charge in [0.05, 0.1) is 13.2 Å². The van der Waals surface area contributed by atoms with Gasteiger partial charge in [0, 0.05) is 60.0 Å². The zero-order chi connectivity index (χ0) is 17.5. The summed E-state index contributed by atoms with van der Waals surface area (Å²) in [5.41, 5.74) is 0. The number of halogens is 1. The van der Waals surface area contributed by atoms with Crippen LogP contribution < -0.4 is 10.6 Å². The standard InChI is InChI=1S/C17H37N5O2.HI/c1-18-17(20-8-11-21(2)9-6-14-23-3)19-7-4-5-10-22-12-15-24-16-13-22;/h4-16H2,1-3H3,(H2,18,19,20);1H. The number of likely N-dealkylation sites (N-methyl/N-ethyl adjacent to an activating group) is 1. The van der Waals surface area contributed by atoms with E-state index in [2.05, 4.69) is 32.5 Å². The Hall–Kier alpha value is -0.160. The van der Waals surface area contributed by atoms with Crippen molar-refractivity contribution in [3.8, 4) is 0 Å². The molecule has 1 aliphatic rings. The lowest BCUT2D eigenvalue weighted by Gasteiger charge is -2.26. The van der Waals surface area contributed by atoms with E-state index >= 15 is 0 Å². The Balaban J connectivity index is 0.00000576. The second-order valence-corrected chi connectivity index (χ2v) is 6.24. The van der Waals surface area contributed by atoms with Gasteiger partial charge < -0.3 is 25.0 Å². The Morgan fingerprint density at radius 3 is 2.52 bits per heavy atom. The van der Waals surface area contributed by atoms with Crippen LogP contribution in [0.2, 0.25) is 0 Å². The van der Waals surface area contributed by atoms with Crippen molar-refractivity contribution in [2.24, 2.45) is 4.99 Å². The molecule has 0 aromatic carbocycles. The van der Waals surface area contributed by atoms with Gasteiger partial charge in [-0.2, -0.15) is 0 Å². The summed E-state index contributed by atoms with van der Waals surface area (Å²) in [6.45, 7) is 9.84. The highest BCUT2D eigenvalue weighted by Gasteiger charge is 2.09. The van der Waals surface area contributed by atoms with Gasteiger partial charge in [0.2, 0.25) is 0 Å². The summed E-state index contributed by atoms with van der Waals surface area (Å²) in [6.07, 6.45) is 3.45. The molecule has 7 nitrogen and oxygen atoms in total. The maximum absolute atomic E-state index is 5.37. The highest BCUT2D eigenvalue weighted by atomic mass is 127. The van der Waals surface area contributed by atoms with Gasteiger partial charge >= 0.3 is 0 Å². The molecule has 0 aromatic rings. The molecule has 1 rings (SSSR count). The lowest BCUT2D eigenvalue weighted by atomic mass is 10.3. The molecule has 2 N–H and O–H groups in total. The highest BCUT2D eigenvalue weighted by Crippen LogP contribution is 1.99. The van der Waals surface area contributed by atoms with Crippen molar-refractivity contribution in [2.45, 2.75) is 19.3 Å². The van der Waals surface area contributed by atoms with Crippen LogP contribution in [0.5, 0.6) is 0 Å². The summed E-state index contributed by atoms with van der Waals surface area (Å²) >= 11 is 0. The summed E-state index contributed by atoms with van der Waals surface area (Å²) < 4.78 is 10.4. The minimum atomic E-state index is 0. The molecule has 0 bridgehead atoms. The van der Waals surface area contributed by atoms with E-state index < -0.39 is 0 Å². The molecule has 1 saturated heterocycles. The molecule has 25 heavy (non-hydrogen) atoms. The van der Waals surface area contributed by atoms with Crippen molar-refractivity contribution in [1.29, 1.82) is 0 Å². The molecule has 0 saturated carbocycles. The third-order valence-electron chi connectivity index (χ3n) is 4.20. The van der Waals surface area contributed by atoms with Crippen LogP contribution in [0.1, 0.15) is 19.3 Å². The number of methoxy groups -OCH3 is 1. The van der Waals surface area contributed by atoms with Crippen molar-refractivity contribution >= 4 is 29.9 Å². The molecule has 0 radical (unpaired) electrons. The number of ether oxygens (including phenoxy) is 2. The Kier molecular flexibility index (Phi) is 17.2. The molecule has 1 heterocycles. The zero-order valence-corrected chi connectivity index (χ0v) is 18.6. The molecule has 0 spiro atoms. The number of hydrogen-bond acceptors (Lipinski definition) is 5. The minimum absolute atomic E-state index is 0. The van der Waals surface area contributed by atoms with Crippen LogP contribution in [0.25, 0.3) is 0 Å². The SMILES string of the molecule is CN=C(NCCCCN1CCOCC1)NCCN(C)CCCOC.I. The molecule has 1 aliphatic heterocycles. The van der Waals surface area contributed by atoms with Crippen molar-refractivity contribution < 1.29 is 9.47 Å². The van der Waals surface area contributed by atoms with E-state index in [1.165, 1.54) is 13.0 Å². The number of nitrogens with one attached hydrogen (secondary N) is 2. The van der Waals surface area contributed by atoms with Crippen LogP contribution >= 0.6 is 24.0 Å². The van der Waals surface area contributed by atoms with E-state index in [4.69, 9.17) is 9.47 Å². The Morgan fingerprint density at radius 1 is 1.12 bits per heavy atom. The first-order valence-electron chi connectivity index (χ1n) is 9.18. The van der Waals surface area contributed by atoms with Crippen LogP contribution in [0.3, 0.4) is 0 Å². The van der Waals surface area contributed by atoms with Crippen LogP contribution in [0, 0.1) is 0 Å². The molecule has 0 amide bonds. The van der Waals surface area contributed by atoms with Gasteiger partial charge in [0.25, 0.3) is 0 Å². The monoisotopic (exact) mass is 471 g/mol. The number of morpholine rings is 1. The molecule has 0 unspecified atom stereocenters. The predicted molar refractivity (Wildman–Crippen MR) is 115 cm³/mol. The van der Waals surface area contributed by atoms with Crippen molar-refractivity contribution in [3.05, 3.63) is 0 Å². The van der Waals surface area contributed by atoms with Crippen LogP contribution in [-0.4, -0.2) is 103 Å². The fraction of sp³-hybridized carbons (Fsp3) is 0.941. The minimum Gasteiger partial charge on any atom is -0.385 e. The smallest absolute Gasteiger partial charge is 0.191 e. The second kappa shape index (κ2) is 17.3. The van der Waals surface area contributed by atoms with Crippen molar-refractivity contribution in [2.75, 3.05) is 86.8 Å². The molecular weight excluding hydrogens is 433 g/mol. The summed E-state index contributed by atoms with van der Waals surface area (Å²) in [7, 11) is 5.71. The van der Waals surface area contributed by atoms with E-state index in [1.54, 1.807) is 7.11 Å². The predicted octanol–water partition coefficient (Wildman–Crippen LogP) is 0.850. The van der Waals surface area contributed by atoms with Crippen LogP contribution in [0.15, 0.2) is 4.99 Å². The fourth-order valence-electron chi connectivity index (χ4n) is 2.67. The molecular formula is C17H38IN5O2. The summed E-state index contributed by atoms with van der Waals surface area (Å²) in [5, 5.41) is 6.76. The normalized spacial score (nSPS) is 15.9. The first-order valence-corrected chi connectivity index (χ1v) is 9.18. The number of guanidine groups is 1. The number of unbranched alkanes of at least 4 members (excludes halogenated alkanes) is 1. The molecule has 0 atom stereocenters. The van der Waals surface area contributed by atoms with Gasteiger partial charge in [-0.1, -0.05) is 0 Å². The average Bonchev–Trinajstić information content (AvgIpc) is 2.61. The number of nitrogens with zero attached hydrogens (tertiary/aromatic N) is 3. The lowest BCUT2D eigenvalue weighted by molar-refractivity contribution is 0.0372. The van der Waals surface area contributed by atoms with E-state index in [0.29, 0.717) is 0 Å². The first-order chi connectivity index (χ1) is 11.8. The number of rotatable bonds is 12. The second-order valence-electron chi connectivity index (χ2n) is 6.24. The van der Waals surface area contributed by atoms with Gasteiger partial charge in [-0.3, -0.25) is 9.89 Å². The van der Waals surface area contributed by atoms with E-state index in [-0.39, 0.29) is 24.0 Å². The third-order valence-corrected chi connectivity index (χ3v) is 4.20. The fourth-order valence-corrected chi connectivity index (χ4v) is 2.67. The van der Waals surface area contributed by atoms with Gasteiger partial charge in [-0.05, 0) is 32.9 Å². The Labute approximate surface area is 170 Å². The summed E-state index contributed by atoms with van der Waals surface area (Å²) in [6, 6.07) is 0. The molecule has 150 valence electrons. The number of aliphatic imine (C=N–C) groups is 1. The van der Waals surface area contributed by atoms with Gasteiger partial charge in [0.1, 0.15) is 0 Å². The lowest BCUT2D eigenvalue weighted by Crippen LogP contribution is -2.41. The number of hydrogen-bond donors (Lipinski definition) is 2. The maximum atomic E-state index is 5.37. The quantitative estimate of drug-likeness (QED) is 0.191. The summed E-state index contributed by atoms with van der Waals surface area (Å²) in [5.74, 6) is 0.895. The first kappa shape index (κ1) is 24.8. The Morgan fingerprint density at radius 2 is 1.84 bits per heavy atom. The van der Waals surface area contributed by atoms with Gasteiger partial charge in [-0.25, -0.2) is 0 Å². The van der Waals surface area contributed by atoms with Gasteiger partial charge in [-0.15, -0.1) is 24.0 Å². The zero-order valence-electron chi connectivity index (χ0n) is 16.3. The van der Waals surface area contributed by atoms with E-state index in [0.717, 1.165) is 77.9 Å². The van der Waals surface area contributed by atoms with Crippen molar-refractivity contribution in [1.82, 2.24) is 20.4 Å². The van der Waals surface area contributed by atoms with E-state index in [9.17, 15) is 0 Å². The van der Waals surface area contributed by atoms with Gasteiger partial charge in [0.15, 0.2) is 5.96 Å². The maximum Gasteiger partial charge on any atom is 0.191 e. The topological polar surface area (TPSA) is 61.4 Å². The van der Waals surface area contributed by atoms with E-state index in [1.807, 2.05) is 7.05 Å². The van der Waals surface area contributed by atoms with Crippen LogP contribution in [0.4, 0.5) is 0 Å². The molecule has 0 aromatic heterocycles.